The fourth-order valence-electron chi connectivity index (χ4n) is 3.20. The van der Waals surface area contributed by atoms with Crippen molar-refractivity contribution in [3.8, 4) is 0 Å². The van der Waals surface area contributed by atoms with Gasteiger partial charge in [0.15, 0.2) is 0 Å². The molecule has 1 aromatic carbocycles. The van der Waals surface area contributed by atoms with E-state index in [4.69, 9.17) is 9.47 Å². The standard InChI is InChI=1S/C17H24N2O3/c20-17(13-21-10-14-6-2-1-3-7-14)18-15-11-22-12-16(15)19-8-4-5-9-19/h1-3,6-7,15-16H,4-5,8-13H2,(H,18,20)/t15-,16-/m0/s1. The first-order valence-corrected chi connectivity index (χ1v) is 8.06. The Morgan fingerprint density at radius 3 is 2.77 bits per heavy atom. The van der Waals surface area contributed by atoms with Crippen molar-refractivity contribution in [1.82, 2.24) is 10.2 Å². The molecular formula is C17H24N2O3. The Morgan fingerprint density at radius 1 is 1.23 bits per heavy atom. The van der Waals surface area contributed by atoms with Gasteiger partial charge in [-0.3, -0.25) is 9.69 Å². The third-order valence-electron chi connectivity index (χ3n) is 4.35. The molecule has 1 amide bonds. The average molecular weight is 304 g/mol. The van der Waals surface area contributed by atoms with Gasteiger partial charge in [-0.15, -0.1) is 0 Å². The number of hydrogen-bond acceptors (Lipinski definition) is 4. The zero-order chi connectivity index (χ0) is 15.2. The quantitative estimate of drug-likeness (QED) is 0.857. The molecule has 0 saturated carbocycles. The van der Waals surface area contributed by atoms with Gasteiger partial charge < -0.3 is 14.8 Å². The lowest BCUT2D eigenvalue weighted by molar-refractivity contribution is -0.127. The van der Waals surface area contributed by atoms with Gasteiger partial charge in [-0.2, -0.15) is 0 Å². The van der Waals surface area contributed by atoms with Crippen LogP contribution in [0.1, 0.15) is 18.4 Å². The van der Waals surface area contributed by atoms with E-state index in [2.05, 4.69) is 10.2 Å². The SMILES string of the molecule is O=C(COCc1ccccc1)N[C@H]1COC[C@@H]1N1CCCC1. The minimum atomic E-state index is -0.0596. The van der Waals surface area contributed by atoms with Crippen LogP contribution in [0.15, 0.2) is 30.3 Å². The van der Waals surface area contributed by atoms with Crippen LogP contribution in [0, 0.1) is 0 Å². The summed E-state index contributed by atoms with van der Waals surface area (Å²) in [6, 6.07) is 10.3. The summed E-state index contributed by atoms with van der Waals surface area (Å²) >= 11 is 0. The molecular weight excluding hydrogens is 280 g/mol. The molecule has 5 heteroatoms. The van der Waals surface area contributed by atoms with Crippen molar-refractivity contribution in [2.45, 2.75) is 31.5 Å². The van der Waals surface area contributed by atoms with Gasteiger partial charge in [0.05, 0.1) is 31.9 Å². The Morgan fingerprint density at radius 2 is 2.00 bits per heavy atom. The van der Waals surface area contributed by atoms with Crippen molar-refractivity contribution >= 4 is 5.91 Å². The molecule has 0 aliphatic carbocycles. The maximum atomic E-state index is 12.0. The number of likely N-dealkylation sites (tertiary alicyclic amines) is 1. The summed E-state index contributed by atoms with van der Waals surface area (Å²) in [7, 11) is 0. The second-order valence-corrected chi connectivity index (χ2v) is 6.00. The fourth-order valence-corrected chi connectivity index (χ4v) is 3.20. The van der Waals surface area contributed by atoms with Gasteiger partial charge in [0.2, 0.25) is 5.91 Å². The summed E-state index contributed by atoms with van der Waals surface area (Å²) in [4.78, 5) is 14.5. The maximum absolute atomic E-state index is 12.0. The van der Waals surface area contributed by atoms with E-state index in [0.29, 0.717) is 19.3 Å². The number of nitrogens with zero attached hydrogens (tertiary/aromatic N) is 1. The average Bonchev–Trinajstić information content (AvgIpc) is 3.19. The summed E-state index contributed by atoms with van der Waals surface area (Å²) < 4.78 is 11.0. The third kappa shape index (κ3) is 4.06. The van der Waals surface area contributed by atoms with Crippen LogP contribution in [-0.4, -0.2) is 55.8 Å². The van der Waals surface area contributed by atoms with E-state index in [0.717, 1.165) is 25.3 Å². The van der Waals surface area contributed by atoms with E-state index in [1.165, 1.54) is 12.8 Å². The molecule has 3 rings (SSSR count). The molecule has 120 valence electrons. The highest BCUT2D eigenvalue weighted by atomic mass is 16.5. The molecule has 0 aromatic heterocycles. The second-order valence-electron chi connectivity index (χ2n) is 6.00. The molecule has 2 aliphatic heterocycles. The van der Waals surface area contributed by atoms with Gasteiger partial charge in [0.1, 0.15) is 6.61 Å². The summed E-state index contributed by atoms with van der Waals surface area (Å²) in [5.74, 6) is -0.0596. The first-order valence-electron chi connectivity index (χ1n) is 8.06. The summed E-state index contributed by atoms with van der Waals surface area (Å²) in [6.07, 6.45) is 2.49. The van der Waals surface area contributed by atoms with Crippen LogP contribution in [-0.2, 0) is 20.9 Å². The minimum Gasteiger partial charge on any atom is -0.378 e. The first kappa shape index (κ1) is 15.5. The Labute approximate surface area is 131 Å². The smallest absolute Gasteiger partial charge is 0.246 e. The molecule has 0 bridgehead atoms. The molecule has 5 nitrogen and oxygen atoms in total. The highest BCUT2D eigenvalue weighted by Crippen LogP contribution is 2.19. The largest absolute Gasteiger partial charge is 0.378 e. The predicted molar refractivity (Wildman–Crippen MR) is 83.4 cm³/mol. The van der Waals surface area contributed by atoms with Gasteiger partial charge in [-0.05, 0) is 31.5 Å². The van der Waals surface area contributed by atoms with Crippen molar-refractivity contribution in [3.05, 3.63) is 35.9 Å². The van der Waals surface area contributed by atoms with Gasteiger partial charge in [-0.25, -0.2) is 0 Å². The Bertz CT molecular complexity index is 474. The highest BCUT2D eigenvalue weighted by molar-refractivity contribution is 5.77. The van der Waals surface area contributed by atoms with Crippen LogP contribution in [0.4, 0.5) is 0 Å². The monoisotopic (exact) mass is 304 g/mol. The number of amides is 1. The number of carbonyl (C=O) groups excluding carboxylic acids is 1. The Hall–Kier alpha value is -1.43. The molecule has 0 unspecified atom stereocenters. The molecule has 22 heavy (non-hydrogen) atoms. The fraction of sp³-hybridized carbons (Fsp3) is 0.588. The van der Waals surface area contributed by atoms with Gasteiger partial charge in [-0.1, -0.05) is 30.3 Å². The van der Waals surface area contributed by atoms with E-state index >= 15 is 0 Å². The van der Waals surface area contributed by atoms with Crippen LogP contribution in [0.5, 0.6) is 0 Å². The maximum Gasteiger partial charge on any atom is 0.246 e. The second kappa shape index (κ2) is 7.72. The highest BCUT2D eigenvalue weighted by Gasteiger charge is 2.35. The molecule has 2 aliphatic rings. The molecule has 2 saturated heterocycles. The van der Waals surface area contributed by atoms with Crippen LogP contribution >= 0.6 is 0 Å². The lowest BCUT2D eigenvalue weighted by atomic mass is 10.1. The van der Waals surface area contributed by atoms with E-state index in [1.807, 2.05) is 30.3 Å². The lowest BCUT2D eigenvalue weighted by Gasteiger charge is -2.27. The van der Waals surface area contributed by atoms with Gasteiger partial charge in [0.25, 0.3) is 0 Å². The number of benzene rings is 1. The zero-order valence-electron chi connectivity index (χ0n) is 12.9. The van der Waals surface area contributed by atoms with Crippen molar-refractivity contribution < 1.29 is 14.3 Å². The lowest BCUT2D eigenvalue weighted by Crippen LogP contribution is -2.51. The number of rotatable bonds is 6. The summed E-state index contributed by atoms with van der Waals surface area (Å²) in [5, 5.41) is 3.06. The van der Waals surface area contributed by atoms with Crippen LogP contribution in [0.3, 0.4) is 0 Å². The number of nitrogens with one attached hydrogen (secondary N) is 1. The number of carbonyl (C=O) groups is 1. The Kier molecular flexibility index (Phi) is 5.43. The topological polar surface area (TPSA) is 50.8 Å². The molecule has 2 atom stereocenters. The molecule has 2 heterocycles. The normalized spacial score (nSPS) is 25.5. The van der Waals surface area contributed by atoms with Gasteiger partial charge >= 0.3 is 0 Å². The zero-order valence-corrected chi connectivity index (χ0v) is 12.9. The van der Waals surface area contributed by atoms with Crippen molar-refractivity contribution in [3.63, 3.8) is 0 Å². The van der Waals surface area contributed by atoms with Crippen LogP contribution < -0.4 is 5.32 Å². The van der Waals surface area contributed by atoms with Crippen LogP contribution in [0.25, 0.3) is 0 Å². The van der Waals surface area contributed by atoms with E-state index in [9.17, 15) is 4.79 Å². The predicted octanol–water partition coefficient (Wildman–Crippen LogP) is 1.18. The van der Waals surface area contributed by atoms with Crippen molar-refractivity contribution in [1.29, 1.82) is 0 Å². The number of hydrogen-bond donors (Lipinski definition) is 1. The molecule has 1 N–H and O–H groups in total. The van der Waals surface area contributed by atoms with Crippen LogP contribution in [0.2, 0.25) is 0 Å². The van der Waals surface area contributed by atoms with E-state index < -0.39 is 0 Å². The summed E-state index contributed by atoms with van der Waals surface area (Å²) in [6.45, 7) is 4.11. The molecule has 0 spiro atoms. The van der Waals surface area contributed by atoms with Gasteiger partial charge in [0, 0.05) is 0 Å². The number of ether oxygens (including phenoxy) is 2. The first-order chi connectivity index (χ1) is 10.8. The molecule has 1 aromatic rings. The van der Waals surface area contributed by atoms with E-state index in [1.54, 1.807) is 0 Å². The molecule has 0 radical (unpaired) electrons. The third-order valence-corrected chi connectivity index (χ3v) is 4.35. The van der Waals surface area contributed by atoms with E-state index in [-0.39, 0.29) is 18.6 Å². The summed E-state index contributed by atoms with van der Waals surface area (Å²) in [5.41, 5.74) is 1.08. The Balaban J connectivity index is 1.41. The minimum absolute atomic E-state index is 0.0596. The van der Waals surface area contributed by atoms with Crippen molar-refractivity contribution in [2.75, 3.05) is 32.9 Å². The van der Waals surface area contributed by atoms with Crippen molar-refractivity contribution in [2.24, 2.45) is 0 Å². The molecule has 2 fully saturated rings.